The number of sulfonamides is 1. The third-order valence-electron chi connectivity index (χ3n) is 2.65. The van der Waals surface area contributed by atoms with Gasteiger partial charge in [-0.3, -0.25) is 9.52 Å². The molecule has 0 amide bonds. The Morgan fingerprint density at radius 2 is 1.84 bits per heavy atom. The molecule has 0 fully saturated rings. The summed E-state index contributed by atoms with van der Waals surface area (Å²) in [5.74, 6) is -2.06. The zero-order chi connectivity index (χ0) is 18.8. The topological polar surface area (TPSA) is 102 Å². The fraction of sp³-hybridized carbons (Fsp3) is 0.154. The van der Waals surface area contributed by atoms with E-state index >= 15 is 0 Å². The number of aromatic nitrogens is 1. The van der Waals surface area contributed by atoms with Crippen LogP contribution in [0.5, 0.6) is 0 Å². The van der Waals surface area contributed by atoms with Crippen LogP contribution in [0.2, 0.25) is 15.1 Å². The molecule has 0 bridgehead atoms. The molecule has 1 aromatic heterocycles. The van der Waals surface area contributed by atoms with Crippen LogP contribution >= 0.6 is 46.1 Å². The Hall–Kier alpha value is -1.39. The average molecular weight is 444 g/mol. The van der Waals surface area contributed by atoms with Crippen molar-refractivity contribution in [2.75, 3.05) is 11.3 Å². The molecule has 0 aliphatic rings. The van der Waals surface area contributed by atoms with E-state index < -0.39 is 21.8 Å². The highest BCUT2D eigenvalue weighted by Crippen LogP contribution is 2.34. The van der Waals surface area contributed by atoms with Gasteiger partial charge in [0.1, 0.15) is 10.6 Å². The molecule has 7 nitrogen and oxygen atoms in total. The van der Waals surface area contributed by atoms with Gasteiger partial charge in [0.15, 0.2) is 5.13 Å². The number of nitrogens with zero attached hydrogens (tertiary/aromatic N) is 1. The van der Waals surface area contributed by atoms with E-state index in [0.29, 0.717) is 0 Å². The van der Waals surface area contributed by atoms with Crippen molar-refractivity contribution in [3.8, 4) is 0 Å². The van der Waals surface area contributed by atoms with E-state index in [-0.39, 0.29) is 37.4 Å². The molecule has 0 spiro atoms. The first kappa shape index (κ1) is 19.9. The van der Waals surface area contributed by atoms with Crippen molar-refractivity contribution in [2.24, 2.45) is 0 Å². The lowest BCUT2D eigenvalue weighted by Gasteiger charge is -2.09. The van der Waals surface area contributed by atoms with Crippen molar-refractivity contribution >= 4 is 73.0 Å². The minimum absolute atomic E-state index is 0.0295. The number of rotatable bonds is 6. The minimum Gasteiger partial charge on any atom is -0.460 e. The lowest BCUT2D eigenvalue weighted by atomic mass is 10.3. The second kappa shape index (κ2) is 7.88. The van der Waals surface area contributed by atoms with Gasteiger partial charge in [-0.15, -0.1) is 11.3 Å². The zero-order valence-corrected chi connectivity index (χ0v) is 16.3. The van der Waals surface area contributed by atoms with E-state index in [9.17, 15) is 18.0 Å². The summed E-state index contributed by atoms with van der Waals surface area (Å²) in [6, 6.07) is 2.45. The first-order valence-electron chi connectivity index (χ1n) is 6.50. The van der Waals surface area contributed by atoms with Gasteiger partial charge in [0.2, 0.25) is 0 Å². The maximum Gasteiger partial charge on any atom is 0.381 e. The number of hydrogen-bond donors (Lipinski definition) is 1. The zero-order valence-electron chi connectivity index (χ0n) is 12.4. The van der Waals surface area contributed by atoms with Crippen LogP contribution in [0.4, 0.5) is 5.13 Å². The highest BCUT2D eigenvalue weighted by molar-refractivity contribution is 7.93. The van der Waals surface area contributed by atoms with Crippen molar-refractivity contribution in [3.63, 3.8) is 0 Å². The van der Waals surface area contributed by atoms with Crippen LogP contribution in [-0.4, -0.2) is 31.8 Å². The summed E-state index contributed by atoms with van der Waals surface area (Å²) in [4.78, 5) is 26.5. The monoisotopic (exact) mass is 442 g/mol. The summed E-state index contributed by atoms with van der Waals surface area (Å²) in [7, 11) is -4.19. The van der Waals surface area contributed by atoms with Gasteiger partial charge in [-0.25, -0.2) is 18.2 Å². The number of benzene rings is 1. The standard InChI is InChI=1S/C13H9Cl3N2O5S2/c1-2-23-12(20)10(19)9-5-24-13(17-9)18-25(21,22)11-7(15)3-6(14)4-8(11)16/h3-5H,2H2,1H3,(H,17,18). The Labute approximate surface area is 161 Å². The summed E-state index contributed by atoms with van der Waals surface area (Å²) < 4.78 is 31.6. The number of anilines is 1. The smallest absolute Gasteiger partial charge is 0.381 e. The molecule has 134 valence electrons. The number of ether oxygens (including phenoxy) is 1. The molecule has 2 rings (SSSR count). The number of nitrogens with one attached hydrogen (secondary N) is 1. The first-order valence-corrected chi connectivity index (χ1v) is 9.99. The number of Topliss-reactive ketones (excluding diaryl/α,β-unsaturated/α-hetero) is 1. The lowest BCUT2D eigenvalue weighted by molar-refractivity contribution is -0.137. The average Bonchev–Trinajstić information content (AvgIpc) is 2.92. The number of hydrogen-bond acceptors (Lipinski definition) is 7. The largest absolute Gasteiger partial charge is 0.460 e. The van der Waals surface area contributed by atoms with Crippen LogP contribution < -0.4 is 4.72 Å². The predicted octanol–water partition coefficient (Wildman–Crippen LogP) is 3.65. The molecule has 25 heavy (non-hydrogen) atoms. The molecular weight excluding hydrogens is 435 g/mol. The van der Waals surface area contributed by atoms with Gasteiger partial charge in [0.25, 0.3) is 15.8 Å². The quantitative estimate of drug-likeness (QED) is 0.415. The van der Waals surface area contributed by atoms with Crippen molar-refractivity contribution in [3.05, 3.63) is 38.3 Å². The van der Waals surface area contributed by atoms with E-state index in [4.69, 9.17) is 34.8 Å². The van der Waals surface area contributed by atoms with Gasteiger partial charge < -0.3 is 4.74 Å². The van der Waals surface area contributed by atoms with E-state index in [1.165, 1.54) is 17.5 Å². The van der Waals surface area contributed by atoms with Crippen LogP contribution in [0, 0.1) is 0 Å². The molecule has 12 heteroatoms. The van der Waals surface area contributed by atoms with Crippen molar-refractivity contribution in [1.82, 2.24) is 4.98 Å². The van der Waals surface area contributed by atoms with E-state index in [1.807, 2.05) is 0 Å². The van der Waals surface area contributed by atoms with Crippen LogP contribution in [0.15, 0.2) is 22.4 Å². The number of thiazole rings is 1. The molecule has 1 N–H and O–H groups in total. The SMILES string of the molecule is CCOC(=O)C(=O)c1csc(NS(=O)(=O)c2c(Cl)cc(Cl)cc2Cl)n1. The number of halogens is 3. The molecule has 0 radical (unpaired) electrons. The van der Waals surface area contributed by atoms with Gasteiger partial charge in [0.05, 0.1) is 16.7 Å². The number of esters is 1. The van der Waals surface area contributed by atoms with Crippen LogP contribution in [0.3, 0.4) is 0 Å². The minimum atomic E-state index is -4.19. The Kier molecular flexibility index (Phi) is 6.28. The normalized spacial score (nSPS) is 11.2. The second-order valence-electron chi connectivity index (χ2n) is 4.39. The Balaban J connectivity index is 2.29. The number of carbonyl (C=O) groups excluding carboxylic acids is 2. The van der Waals surface area contributed by atoms with Crippen molar-refractivity contribution in [2.45, 2.75) is 11.8 Å². The molecule has 1 aromatic carbocycles. The Bertz CT molecular complexity index is 920. The summed E-state index contributed by atoms with van der Waals surface area (Å²) in [5.41, 5.74) is -0.241. The predicted molar refractivity (Wildman–Crippen MR) is 95.4 cm³/mol. The third-order valence-corrected chi connectivity index (χ3v) is 6.02. The molecule has 1 heterocycles. The third kappa shape index (κ3) is 4.62. The summed E-state index contributed by atoms with van der Waals surface area (Å²) in [5, 5.41) is 0.899. The summed E-state index contributed by atoms with van der Waals surface area (Å²) in [6.07, 6.45) is 0. The van der Waals surface area contributed by atoms with Gasteiger partial charge in [0, 0.05) is 10.4 Å². The van der Waals surface area contributed by atoms with Gasteiger partial charge in [-0.1, -0.05) is 34.8 Å². The highest BCUT2D eigenvalue weighted by atomic mass is 35.5. The highest BCUT2D eigenvalue weighted by Gasteiger charge is 2.26. The molecule has 0 atom stereocenters. The fourth-order valence-corrected chi connectivity index (χ4v) is 5.17. The van der Waals surface area contributed by atoms with Crippen molar-refractivity contribution < 1.29 is 22.7 Å². The maximum absolute atomic E-state index is 12.4. The molecule has 0 saturated carbocycles. The summed E-state index contributed by atoms with van der Waals surface area (Å²) >= 11 is 18.4. The number of ketones is 1. The molecule has 2 aromatic rings. The lowest BCUT2D eigenvalue weighted by Crippen LogP contribution is -2.18. The van der Waals surface area contributed by atoms with E-state index in [1.54, 1.807) is 6.92 Å². The van der Waals surface area contributed by atoms with Crippen molar-refractivity contribution in [1.29, 1.82) is 0 Å². The number of carbonyl (C=O) groups is 2. The van der Waals surface area contributed by atoms with E-state index in [2.05, 4.69) is 14.4 Å². The molecule has 0 saturated heterocycles. The van der Waals surface area contributed by atoms with Gasteiger partial charge in [-0.2, -0.15) is 0 Å². The molecule has 0 unspecified atom stereocenters. The fourth-order valence-electron chi connectivity index (χ4n) is 1.68. The Morgan fingerprint density at radius 3 is 2.40 bits per heavy atom. The first-order chi connectivity index (χ1) is 11.7. The molecular formula is C13H9Cl3N2O5S2. The van der Waals surface area contributed by atoms with Crippen LogP contribution in [0.25, 0.3) is 0 Å². The molecule has 0 aliphatic carbocycles. The second-order valence-corrected chi connectivity index (χ2v) is 8.12. The summed E-state index contributed by atoms with van der Waals surface area (Å²) in [6.45, 7) is 1.58. The van der Waals surface area contributed by atoms with Crippen LogP contribution in [0.1, 0.15) is 17.4 Å². The van der Waals surface area contributed by atoms with Gasteiger partial charge in [-0.05, 0) is 19.1 Å². The Morgan fingerprint density at radius 1 is 1.24 bits per heavy atom. The molecule has 0 aliphatic heterocycles. The maximum atomic E-state index is 12.4. The van der Waals surface area contributed by atoms with Crippen LogP contribution in [-0.2, 0) is 19.6 Å². The van der Waals surface area contributed by atoms with Gasteiger partial charge >= 0.3 is 5.97 Å². The van der Waals surface area contributed by atoms with E-state index in [0.717, 1.165) is 11.3 Å².